The molecule has 2 aromatic carbocycles. The number of hydrogen-bond acceptors (Lipinski definition) is 6. The van der Waals surface area contributed by atoms with Gasteiger partial charge >= 0.3 is 0 Å². The number of nitrogens with zero attached hydrogens (tertiary/aromatic N) is 3. The molecule has 28 heavy (non-hydrogen) atoms. The monoisotopic (exact) mass is 397 g/mol. The molecule has 0 bridgehead atoms. The smallest absolute Gasteiger partial charge is 0.260 e. The van der Waals surface area contributed by atoms with Gasteiger partial charge in [0, 0.05) is 26.2 Å². The summed E-state index contributed by atoms with van der Waals surface area (Å²) in [4.78, 5) is 21.3. The molecule has 7 heteroatoms. The first-order chi connectivity index (χ1) is 13.6. The van der Waals surface area contributed by atoms with Crippen molar-refractivity contribution in [3.05, 3.63) is 48.0 Å². The zero-order valence-electron chi connectivity index (χ0n) is 16.1. The number of anilines is 1. The van der Waals surface area contributed by atoms with E-state index in [1.54, 1.807) is 18.4 Å². The SMILES string of the molecule is COc1ccc2nc(N3CCN(C(=O)COc4cccc(C)c4)CC3)sc2c1. The van der Waals surface area contributed by atoms with Crippen molar-refractivity contribution in [2.45, 2.75) is 6.92 Å². The van der Waals surface area contributed by atoms with Crippen LogP contribution < -0.4 is 14.4 Å². The fourth-order valence-electron chi connectivity index (χ4n) is 3.24. The summed E-state index contributed by atoms with van der Waals surface area (Å²) in [5.74, 6) is 1.60. The maximum Gasteiger partial charge on any atom is 0.260 e. The van der Waals surface area contributed by atoms with Crippen LogP contribution in [0.5, 0.6) is 11.5 Å². The normalized spacial score (nSPS) is 14.4. The molecule has 0 radical (unpaired) electrons. The van der Waals surface area contributed by atoms with Gasteiger partial charge in [-0.25, -0.2) is 4.98 Å². The number of carbonyl (C=O) groups is 1. The van der Waals surface area contributed by atoms with E-state index in [9.17, 15) is 4.79 Å². The predicted molar refractivity (Wildman–Crippen MR) is 112 cm³/mol. The Balaban J connectivity index is 1.33. The third-order valence-corrected chi connectivity index (χ3v) is 5.92. The van der Waals surface area contributed by atoms with Crippen LogP contribution in [0.15, 0.2) is 42.5 Å². The lowest BCUT2D eigenvalue weighted by molar-refractivity contribution is -0.133. The molecular weight excluding hydrogens is 374 g/mol. The number of fused-ring (bicyclic) bond motifs is 1. The van der Waals surface area contributed by atoms with Gasteiger partial charge in [-0.3, -0.25) is 4.79 Å². The van der Waals surface area contributed by atoms with Gasteiger partial charge in [-0.1, -0.05) is 23.5 Å². The maximum atomic E-state index is 12.5. The highest BCUT2D eigenvalue weighted by molar-refractivity contribution is 7.22. The van der Waals surface area contributed by atoms with Crippen LogP contribution in [0.3, 0.4) is 0 Å². The molecule has 1 amide bonds. The van der Waals surface area contributed by atoms with Crippen LogP contribution in [0.1, 0.15) is 5.56 Å². The maximum absolute atomic E-state index is 12.5. The van der Waals surface area contributed by atoms with E-state index in [0.29, 0.717) is 13.1 Å². The minimum absolute atomic E-state index is 0.0233. The van der Waals surface area contributed by atoms with Gasteiger partial charge in [0.15, 0.2) is 11.7 Å². The van der Waals surface area contributed by atoms with Gasteiger partial charge in [0.1, 0.15) is 11.5 Å². The summed E-state index contributed by atoms with van der Waals surface area (Å²) in [7, 11) is 1.67. The van der Waals surface area contributed by atoms with Crippen LogP contribution in [0.25, 0.3) is 10.2 Å². The standard InChI is InChI=1S/C21H23N3O3S/c1-15-4-3-5-17(12-15)27-14-20(25)23-8-10-24(11-9-23)21-22-18-7-6-16(26-2)13-19(18)28-21/h3-7,12-13H,8-11,14H2,1-2H3. The lowest BCUT2D eigenvalue weighted by atomic mass is 10.2. The van der Waals surface area contributed by atoms with Crippen LogP contribution in [0.4, 0.5) is 5.13 Å². The first-order valence-electron chi connectivity index (χ1n) is 9.29. The van der Waals surface area contributed by atoms with E-state index >= 15 is 0 Å². The van der Waals surface area contributed by atoms with Gasteiger partial charge in [0.25, 0.3) is 5.91 Å². The Bertz CT molecular complexity index is 980. The minimum atomic E-state index is 0.0233. The number of ether oxygens (including phenoxy) is 2. The summed E-state index contributed by atoms with van der Waals surface area (Å²) in [5, 5.41) is 0.992. The van der Waals surface area contributed by atoms with E-state index in [1.165, 1.54) is 0 Å². The van der Waals surface area contributed by atoms with Crippen LogP contribution in [-0.2, 0) is 4.79 Å². The van der Waals surface area contributed by atoms with E-state index in [2.05, 4.69) is 4.90 Å². The number of rotatable bonds is 5. The van der Waals surface area contributed by atoms with Crippen molar-refractivity contribution >= 4 is 32.6 Å². The number of aromatic nitrogens is 1. The molecule has 146 valence electrons. The zero-order chi connectivity index (χ0) is 19.5. The summed E-state index contributed by atoms with van der Waals surface area (Å²) in [5.41, 5.74) is 2.10. The molecule has 1 aromatic heterocycles. The minimum Gasteiger partial charge on any atom is -0.497 e. The summed E-state index contributed by atoms with van der Waals surface area (Å²) < 4.78 is 12.0. The number of hydrogen-bond donors (Lipinski definition) is 0. The van der Waals surface area contributed by atoms with Crippen molar-refractivity contribution in [1.82, 2.24) is 9.88 Å². The molecule has 1 aliphatic heterocycles. The van der Waals surface area contributed by atoms with Crippen LogP contribution in [-0.4, -0.2) is 55.7 Å². The Kier molecular flexibility index (Phi) is 5.34. The molecule has 1 fully saturated rings. The molecule has 0 aliphatic carbocycles. The van der Waals surface area contributed by atoms with Gasteiger partial charge in [-0.05, 0) is 42.8 Å². The van der Waals surface area contributed by atoms with Crippen molar-refractivity contribution in [1.29, 1.82) is 0 Å². The summed E-state index contributed by atoms with van der Waals surface area (Å²) in [6.45, 7) is 4.97. The van der Waals surface area contributed by atoms with E-state index in [0.717, 1.165) is 45.5 Å². The highest BCUT2D eigenvalue weighted by Gasteiger charge is 2.23. The van der Waals surface area contributed by atoms with Crippen molar-refractivity contribution in [2.24, 2.45) is 0 Å². The Labute approximate surface area is 168 Å². The number of carbonyl (C=O) groups excluding carboxylic acids is 1. The Morgan fingerprint density at radius 2 is 1.93 bits per heavy atom. The predicted octanol–water partition coefficient (Wildman–Crippen LogP) is 3.34. The fraction of sp³-hybridized carbons (Fsp3) is 0.333. The van der Waals surface area contributed by atoms with Crippen LogP contribution in [0, 0.1) is 6.92 Å². The van der Waals surface area contributed by atoms with Crippen molar-refractivity contribution in [2.75, 3.05) is 44.8 Å². The second-order valence-corrected chi connectivity index (χ2v) is 7.81. The van der Waals surface area contributed by atoms with Gasteiger partial charge < -0.3 is 19.3 Å². The van der Waals surface area contributed by atoms with E-state index in [4.69, 9.17) is 14.5 Å². The largest absolute Gasteiger partial charge is 0.497 e. The summed E-state index contributed by atoms with van der Waals surface area (Å²) in [6, 6.07) is 13.7. The van der Waals surface area contributed by atoms with E-state index in [1.807, 2.05) is 54.3 Å². The molecule has 6 nitrogen and oxygen atoms in total. The quantitative estimate of drug-likeness (QED) is 0.661. The lowest BCUT2D eigenvalue weighted by Gasteiger charge is -2.34. The molecule has 0 saturated carbocycles. The third-order valence-electron chi connectivity index (χ3n) is 4.84. The first-order valence-corrected chi connectivity index (χ1v) is 10.1. The lowest BCUT2D eigenvalue weighted by Crippen LogP contribution is -2.50. The summed E-state index contributed by atoms with van der Waals surface area (Å²) >= 11 is 1.66. The number of thiazole rings is 1. The molecule has 1 saturated heterocycles. The van der Waals surface area contributed by atoms with Gasteiger partial charge in [-0.15, -0.1) is 0 Å². The van der Waals surface area contributed by atoms with Gasteiger partial charge in [-0.2, -0.15) is 0 Å². The molecular formula is C21H23N3O3S. The molecule has 0 atom stereocenters. The molecule has 2 heterocycles. The number of benzene rings is 2. The number of aryl methyl sites for hydroxylation is 1. The number of amides is 1. The Hall–Kier alpha value is -2.80. The highest BCUT2D eigenvalue weighted by Crippen LogP contribution is 2.31. The van der Waals surface area contributed by atoms with Crippen molar-refractivity contribution in [3.8, 4) is 11.5 Å². The van der Waals surface area contributed by atoms with Crippen LogP contribution in [0.2, 0.25) is 0 Å². The molecule has 0 N–H and O–H groups in total. The van der Waals surface area contributed by atoms with Crippen LogP contribution >= 0.6 is 11.3 Å². The molecule has 0 spiro atoms. The van der Waals surface area contributed by atoms with Gasteiger partial charge in [0.2, 0.25) is 0 Å². The zero-order valence-corrected chi connectivity index (χ0v) is 16.9. The van der Waals surface area contributed by atoms with Gasteiger partial charge in [0.05, 0.1) is 17.3 Å². The average Bonchev–Trinajstić information content (AvgIpc) is 3.15. The fourth-order valence-corrected chi connectivity index (χ4v) is 4.29. The molecule has 1 aliphatic rings. The second-order valence-electron chi connectivity index (χ2n) is 6.80. The van der Waals surface area contributed by atoms with E-state index in [-0.39, 0.29) is 12.5 Å². The molecule has 0 unspecified atom stereocenters. The second kappa shape index (κ2) is 8.06. The summed E-state index contributed by atoms with van der Waals surface area (Å²) in [6.07, 6.45) is 0. The number of piperazine rings is 1. The Morgan fingerprint density at radius 3 is 2.68 bits per heavy atom. The van der Waals surface area contributed by atoms with E-state index < -0.39 is 0 Å². The topological polar surface area (TPSA) is 54.9 Å². The van der Waals surface area contributed by atoms with Crippen molar-refractivity contribution < 1.29 is 14.3 Å². The first kappa shape index (κ1) is 18.6. The average molecular weight is 398 g/mol. The Morgan fingerprint density at radius 1 is 1.11 bits per heavy atom. The van der Waals surface area contributed by atoms with Crippen molar-refractivity contribution in [3.63, 3.8) is 0 Å². The number of methoxy groups -OCH3 is 1. The molecule has 4 rings (SSSR count). The molecule has 3 aromatic rings. The third kappa shape index (κ3) is 4.04. The highest BCUT2D eigenvalue weighted by atomic mass is 32.1.